The third kappa shape index (κ3) is 3.71. The molecule has 0 bridgehead atoms. The van der Waals surface area contributed by atoms with Crippen molar-refractivity contribution in [2.24, 2.45) is 5.92 Å². The van der Waals surface area contributed by atoms with E-state index < -0.39 is 0 Å². The Bertz CT molecular complexity index is 458. The lowest BCUT2D eigenvalue weighted by atomic mass is 9.85. The van der Waals surface area contributed by atoms with E-state index in [-0.39, 0.29) is 0 Å². The Morgan fingerprint density at radius 1 is 0.800 bits per heavy atom. The first-order chi connectivity index (χ1) is 9.90. The Morgan fingerprint density at radius 2 is 1.40 bits per heavy atom. The van der Waals surface area contributed by atoms with Gasteiger partial charge in [-0.25, -0.2) is 0 Å². The smallest absolute Gasteiger partial charge is 0.0110 e. The second-order valence-electron chi connectivity index (χ2n) is 5.92. The molecule has 0 radical (unpaired) electrons. The molecule has 3 rings (SSSR count). The molecule has 104 valence electrons. The van der Waals surface area contributed by atoms with Crippen LogP contribution in [-0.2, 0) is 12.8 Å². The van der Waals surface area contributed by atoms with Crippen molar-refractivity contribution in [3.05, 3.63) is 71.8 Å². The molecule has 2 aromatic rings. The van der Waals surface area contributed by atoms with Gasteiger partial charge < -0.3 is 5.32 Å². The topological polar surface area (TPSA) is 12.0 Å². The summed E-state index contributed by atoms with van der Waals surface area (Å²) in [5, 5.41) is 3.68. The molecule has 1 aliphatic heterocycles. The van der Waals surface area contributed by atoms with Gasteiger partial charge in [0, 0.05) is 6.04 Å². The fourth-order valence-corrected chi connectivity index (χ4v) is 3.28. The Labute approximate surface area is 122 Å². The van der Waals surface area contributed by atoms with E-state index in [0.29, 0.717) is 6.04 Å². The van der Waals surface area contributed by atoms with E-state index in [2.05, 4.69) is 66.0 Å². The normalized spacial score (nSPS) is 22.6. The van der Waals surface area contributed by atoms with Gasteiger partial charge in [0.15, 0.2) is 0 Å². The number of nitrogens with one attached hydrogen (secondary N) is 1. The van der Waals surface area contributed by atoms with Gasteiger partial charge in [-0.1, -0.05) is 60.7 Å². The maximum absolute atomic E-state index is 3.68. The third-order valence-electron chi connectivity index (χ3n) is 4.30. The molecule has 0 unspecified atom stereocenters. The van der Waals surface area contributed by atoms with Gasteiger partial charge >= 0.3 is 0 Å². The van der Waals surface area contributed by atoms with Gasteiger partial charge in [0.2, 0.25) is 0 Å². The summed E-state index contributed by atoms with van der Waals surface area (Å²) in [5.41, 5.74) is 2.93. The first-order valence-corrected chi connectivity index (χ1v) is 7.71. The van der Waals surface area contributed by atoms with Crippen LogP contribution in [0.4, 0.5) is 0 Å². The van der Waals surface area contributed by atoms with Crippen molar-refractivity contribution in [1.82, 2.24) is 5.32 Å². The molecular formula is C19H23N. The number of piperidine rings is 1. The molecule has 1 heteroatoms. The van der Waals surface area contributed by atoms with Gasteiger partial charge in [-0.05, 0) is 49.3 Å². The molecule has 2 atom stereocenters. The molecule has 0 aliphatic carbocycles. The number of benzene rings is 2. The lowest BCUT2D eigenvalue weighted by Crippen LogP contribution is -2.40. The van der Waals surface area contributed by atoms with Gasteiger partial charge in [0.25, 0.3) is 0 Å². The highest BCUT2D eigenvalue weighted by atomic mass is 14.9. The van der Waals surface area contributed by atoms with Crippen LogP contribution >= 0.6 is 0 Å². The lowest BCUT2D eigenvalue weighted by molar-refractivity contribution is 0.299. The predicted molar refractivity (Wildman–Crippen MR) is 84.8 cm³/mol. The SMILES string of the molecule is c1ccc(C[C@@H]2CCN[C@@H](Cc3ccccc3)C2)cc1. The molecule has 0 spiro atoms. The Kier molecular flexibility index (Phi) is 4.49. The van der Waals surface area contributed by atoms with E-state index in [1.807, 2.05) is 0 Å². The molecule has 1 saturated heterocycles. The fraction of sp³-hybridized carbons (Fsp3) is 0.368. The average Bonchev–Trinajstić information content (AvgIpc) is 2.50. The molecule has 0 aromatic heterocycles. The zero-order valence-corrected chi connectivity index (χ0v) is 12.0. The van der Waals surface area contributed by atoms with Gasteiger partial charge in [-0.2, -0.15) is 0 Å². The van der Waals surface area contributed by atoms with Crippen LogP contribution in [0.1, 0.15) is 24.0 Å². The minimum atomic E-state index is 0.639. The molecule has 1 nitrogen and oxygen atoms in total. The molecule has 2 aromatic carbocycles. The van der Waals surface area contributed by atoms with Crippen LogP contribution in [0.25, 0.3) is 0 Å². The maximum atomic E-state index is 3.68. The van der Waals surface area contributed by atoms with Crippen LogP contribution in [0.5, 0.6) is 0 Å². The lowest BCUT2D eigenvalue weighted by Gasteiger charge is -2.30. The van der Waals surface area contributed by atoms with Crippen LogP contribution in [0.15, 0.2) is 60.7 Å². The summed E-state index contributed by atoms with van der Waals surface area (Å²) in [6.07, 6.45) is 4.99. The Hall–Kier alpha value is -1.60. The van der Waals surface area contributed by atoms with Crippen LogP contribution in [-0.4, -0.2) is 12.6 Å². The van der Waals surface area contributed by atoms with Gasteiger partial charge in [-0.15, -0.1) is 0 Å². The number of rotatable bonds is 4. The van der Waals surface area contributed by atoms with E-state index in [4.69, 9.17) is 0 Å². The largest absolute Gasteiger partial charge is 0.314 e. The minimum absolute atomic E-state index is 0.639. The second kappa shape index (κ2) is 6.71. The monoisotopic (exact) mass is 265 g/mol. The second-order valence-corrected chi connectivity index (χ2v) is 5.92. The van der Waals surface area contributed by atoms with Crippen molar-refractivity contribution < 1.29 is 0 Å². The standard InChI is InChI=1S/C19H23N/c1-3-7-16(8-4-1)13-18-11-12-20-19(15-18)14-17-9-5-2-6-10-17/h1-10,18-20H,11-15H2/t18-,19-/m0/s1. The van der Waals surface area contributed by atoms with E-state index in [0.717, 1.165) is 18.9 Å². The van der Waals surface area contributed by atoms with Crippen LogP contribution in [0, 0.1) is 5.92 Å². The van der Waals surface area contributed by atoms with Crippen molar-refractivity contribution in [3.8, 4) is 0 Å². The van der Waals surface area contributed by atoms with E-state index in [1.165, 1.54) is 30.4 Å². The van der Waals surface area contributed by atoms with Crippen molar-refractivity contribution in [2.75, 3.05) is 6.54 Å². The molecule has 20 heavy (non-hydrogen) atoms. The van der Waals surface area contributed by atoms with E-state index in [1.54, 1.807) is 0 Å². The third-order valence-corrected chi connectivity index (χ3v) is 4.30. The summed E-state index contributed by atoms with van der Waals surface area (Å²) < 4.78 is 0. The summed E-state index contributed by atoms with van der Waals surface area (Å²) in [6.45, 7) is 1.16. The molecule has 1 N–H and O–H groups in total. The summed E-state index contributed by atoms with van der Waals surface area (Å²) in [5.74, 6) is 0.826. The van der Waals surface area contributed by atoms with E-state index >= 15 is 0 Å². The van der Waals surface area contributed by atoms with Gasteiger partial charge in [0.05, 0.1) is 0 Å². The highest BCUT2D eigenvalue weighted by Gasteiger charge is 2.21. The van der Waals surface area contributed by atoms with Crippen molar-refractivity contribution in [1.29, 1.82) is 0 Å². The Balaban J connectivity index is 1.57. The van der Waals surface area contributed by atoms with Crippen molar-refractivity contribution >= 4 is 0 Å². The van der Waals surface area contributed by atoms with Crippen molar-refractivity contribution in [3.63, 3.8) is 0 Å². The summed E-state index contributed by atoms with van der Waals surface area (Å²) in [6, 6.07) is 22.4. The zero-order chi connectivity index (χ0) is 13.6. The zero-order valence-electron chi connectivity index (χ0n) is 12.0. The van der Waals surface area contributed by atoms with Crippen LogP contribution in [0.2, 0.25) is 0 Å². The predicted octanol–water partition coefficient (Wildman–Crippen LogP) is 3.84. The minimum Gasteiger partial charge on any atom is -0.314 e. The molecule has 1 fully saturated rings. The first kappa shape index (κ1) is 13.4. The molecule has 1 heterocycles. The summed E-state index contributed by atoms with van der Waals surface area (Å²) in [4.78, 5) is 0. The van der Waals surface area contributed by atoms with Gasteiger partial charge in [0.1, 0.15) is 0 Å². The molecule has 0 amide bonds. The quantitative estimate of drug-likeness (QED) is 0.885. The molecule has 0 saturated carbocycles. The van der Waals surface area contributed by atoms with Crippen LogP contribution in [0.3, 0.4) is 0 Å². The number of hydrogen-bond acceptors (Lipinski definition) is 1. The first-order valence-electron chi connectivity index (χ1n) is 7.71. The number of hydrogen-bond donors (Lipinski definition) is 1. The average molecular weight is 265 g/mol. The molecule has 1 aliphatic rings. The Morgan fingerprint density at radius 3 is 2.05 bits per heavy atom. The fourth-order valence-electron chi connectivity index (χ4n) is 3.28. The highest BCUT2D eigenvalue weighted by Crippen LogP contribution is 2.22. The highest BCUT2D eigenvalue weighted by molar-refractivity contribution is 5.17. The molecular weight excluding hydrogens is 242 g/mol. The van der Waals surface area contributed by atoms with E-state index in [9.17, 15) is 0 Å². The van der Waals surface area contributed by atoms with Crippen LogP contribution < -0.4 is 5.32 Å². The summed E-state index contributed by atoms with van der Waals surface area (Å²) >= 11 is 0. The van der Waals surface area contributed by atoms with Gasteiger partial charge in [-0.3, -0.25) is 0 Å². The summed E-state index contributed by atoms with van der Waals surface area (Å²) in [7, 11) is 0. The maximum Gasteiger partial charge on any atom is 0.0110 e. The van der Waals surface area contributed by atoms with Crippen molar-refractivity contribution in [2.45, 2.75) is 31.7 Å².